The molecule has 0 bridgehead atoms. The van der Waals surface area contributed by atoms with E-state index < -0.39 is 5.97 Å². The van der Waals surface area contributed by atoms with E-state index in [1.54, 1.807) is 19.0 Å². The van der Waals surface area contributed by atoms with Crippen LogP contribution in [0.4, 0.5) is 5.95 Å². The third kappa shape index (κ3) is 2.94. The van der Waals surface area contributed by atoms with E-state index in [9.17, 15) is 4.79 Å². The Morgan fingerprint density at radius 3 is 2.85 bits per heavy atom. The highest BCUT2D eigenvalue weighted by Crippen LogP contribution is 2.17. The van der Waals surface area contributed by atoms with E-state index in [0.717, 1.165) is 11.8 Å². The number of anilines is 1. The zero-order chi connectivity index (χ0) is 9.84. The second kappa shape index (κ2) is 4.13. The average molecular weight is 203 g/mol. The van der Waals surface area contributed by atoms with Crippen molar-refractivity contribution in [2.24, 2.45) is 0 Å². The summed E-state index contributed by atoms with van der Waals surface area (Å²) in [4.78, 5) is 15.8. The van der Waals surface area contributed by atoms with Crippen LogP contribution in [0.25, 0.3) is 0 Å². The van der Waals surface area contributed by atoms with Crippen molar-refractivity contribution in [3.05, 3.63) is 0 Å². The standard InChI is InChI=1S/C6H9N3O3S/c1-9(2)5-7-6(12-8-5)13-3-4(10)11/h3H2,1-2H3,(H,10,11). The van der Waals surface area contributed by atoms with Gasteiger partial charge in [0.25, 0.3) is 11.2 Å². The molecule has 0 atom stereocenters. The van der Waals surface area contributed by atoms with Crippen molar-refractivity contribution in [1.29, 1.82) is 0 Å². The Bertz CT molecular complexity index is 299. The summed E-state index contributed by atoms with van der Waals surface area (Å²) in [5, 5.41) is 12.3. The van der Waals surface area contributed by atoms with Crippen LogP contribution in [0.5, 0.6) is 0 Å². The molecular formula is C6H9N3O3S. The molecule has 7 heteroatoms. The quantitative estimate of drug-likeness (QED) is 0.705. The van der Waals surface area contributed by atoms with Gasteiger partial charge in [0.1, 0.15) is 5.75 Å². The molecule has 13 heavy (non-hydrogen) atoms. The fourth-order valence-corrected chi connectivity index (χ4v) is 1.05. The maximum absolute atomic E-state index is 10.2. The van der Waals surface area contributed by atoms with Gasteiger partial charge in [-0.05, 0) is 5.16 Å². The van der Waals surface area contributed by atoms with E-state index in [2.05, 4.69) is 10.1 Å². The Labute approximate surface area is 78.9 Å². The van der Waals surface area contributed by atoms with Gasteiger partial charge in [-0.2, -0.15) is 4.98 Å². The Morgan fingerprint density at radius 2 is 2.38 bits per heavy atom. The number of hydrogen-bond donors (Lipinski definition) is 1. The highest BCUT2D eigenvalue weighted by atomic mass is 32.2. The molecule has 0 amide bonds. The lowest BCUT2D eigenvalue weighted by molar-refractivity contribution is -0.133. The highest BCUT2D eigenvalue weighted by Gasteiger charge is 2.09. The predicted molar refractivity (Wildman–Crippen MR) is 47.0 cm³/mol. The third-order valence-electron chi connectivity index (χ3n) is 1.12. The fourth-order valence-electron chi connectivity index (χ4n) is 0.566. The van der Waals surface area contributed by atoms with Crippen LogP contribution < -0.4 is 4.90 Å². The number of rotatable bonds is 4. The Hall–Kier alpha value is -1.24. The van der Waals surface area contributed by atoms with Crippen molar-refractivity contribution < 1.29 is 14.4 Å². The maximum Gasteiger partial charge on any atom is 0.314 e. The molecule has 1 aromatic heterocycles. The molecule has 1 rings (SSSR count). The molecule has 1 heterocycles. The van der Waals surface area contributed by atoms with Gasteiger partial charge in [-0.15, -0.1) is 0 Å². The van der Waals surface area contributed by atoms with Crippen LogP contribution in [0, 0.1) is 0 Å². The molecule has 0 aliphatic carbocycles. The molecule has 0 unspecified atom stereocenters. The van der Waals surface area contributed by atoms with Gasteiger partial charge in [-0.25, -0.2) is 0 Å². The van der Waals surface area contributed by atoms with Crippen molar-refractivity contribution >= 4 is 23.7 Å². The lowest BCUT2D eigenvalue weighted by atomic mass is 10.8. The molecular weight excluding hydrogens is 194 g/mol. The van der Waals surface area contributed by atoms with Gasteiger partial charge in [0.15, 0.2) is 0 Å². The van der Waals surface area contributed by atoms with Crippen molar-refractivity contribution in [1.82, 2.24) is 10.1 Å². The summed E-state index contributed by atoms with van der Waals surface area (Å²) in [6.45, 7) is 0. The first-order valence-electron chi connectivity index (χ1n) is 3.45. The summed E-state index contributed by atoms with van der Waals surface area (Å²) in [6, 6.07) is 0. The Morgan fingerprint density at radius 1 is 1.69 bits per heavy atom. The Kier molecular flexibility index (Phi) is 3.13. The molecule has 0 saturated carbocycles. The minimum absolute atomic E-state index is 0.0743. The number of aromatic nitrogens is 2. The fraction of sp³-hybridized carbons (Fsp3) is 0.500. The zero-order valence-electron chi connectivity index (χ0n) is 7.22. The van der Waals surface area contributed by atoms with E-state index in [1.165, 1.54) is 0 Å². The number of carboxylic acid groups (broad SMARTS) is 1. The van der Waals surface area contributed by atoms with Gasteiger partial charge < -0.3 is 14.5 Å². The average Bonchev–Trinajstić information content (AvgIpc) is 2.48. The van der Waals surface area contributed by atoms with Crippen molar-refractivity contribution in [2.45, 2.75) is 5.22 Å². The highest BCUT2D eigenvalue weighted by molar-refractivity contribution is 7.99. The van der Waals surface area contributed by atoms with Crippen LogP contribution >= 0.6 is 11.8 Å². The largest absolute Gasteiger partial charge is 0.481 e. The summed E-state index contributed by atoms with van der Waals surface area (Å²) < 4.78 is 4.77. The molecule has 1 N–H and O–H groups in total. The molecule has 0 aliphatic heterocycles. The van der Waals surface area contributed by atoms with Gasteiger partial charge in [0, 0.05) is 14.1 Å². The van der Waals surface area contributed by atoms with Gasteiger partial charge >= 0.3 is 5.97 Å². The summed E-state index contributed by atoms with van der Waals surface area (Å²) in [5.74, 6) is -0.544. The molecule has 0 aliphatic rings. The SMILES string of the molecule is CN(C)c1noc(SCC(=O)O)n1. The molecule has 0 radical (unpaired) electrons. The van der Waals surface area contributed by atoms with E-state index in [-0.39, 0.29) is 11.0 Å². The molecule has 72 valence electrons. The van der Waals surface area contributed by atoms with Crippen LogP contribution in [0.1, 0.15) is 0 Å². The van der Waals surface area contributed by atoms with Crippen LogP contribution in [-0.4, -0.2) is 41.1 Å². The number of thioether (sulfide) groups is 1. The van der Waals surface area contributed by atoms with Crippen LogP contribution in [0.2, 0.25) is 0 Å². The van der Waals surface area contributed by atoms with Crippen molar-refractivity contribution in [2.75, 3.05) is 24.7 Å². The summed E-state index contributed by atoms with van der Waals surface area (Å²) >= 11 is 1.00. The first kappa shape index (κ1) is 9.85. The molecule has 0 aromatic carbocycles. The van der Waals surface area contributed by atoms with E-state index in [0.29, 0.717) is 5.95 Å². The summed E-state index contributed by atoms with van der Waals surface area (Å²) in [6.07, 6.45) is 0. The van der Waals surface area contributed by atoms with Gasteiger partial charge in [-0.1, -0.05) is 11.8 Å². The zero-order valence-corrected chi connectivity index (χ0v) is 8.04. The van der Waals surface area contributed by atoms with E-state index in [1.807, 2.05) is 0 Å². The predicted octanol–water partition coefficient (Wildman–Crippen LogP) is 0.312. The second-order valence-corrected chi connectivity index (χ2v) is 3.36. The monoisotopic (exact) mass is 203 g/mol. The van der Waals surface area contributed by atoms with Crippen LogP contribution in [-0.2, 0) is 4.79 Å². The number of aliphatic carboxylic acids is 1. The van der Waals surface area contributed by atoms with Crippen LogP contribution in [0.15, 0.2) is 9.75 Å². The lowest BCUT2D eigenvalue weighted by Gasteiger charge is -2.01. The molecule has 0 saturated heterocycles. The minimum Gasteiger partial charge on any atom is -0.481 e. The summed E-state index contributed by atoms with van der Waals surface area (Å²) in [5.41, 5.74) is 0. The molecule has 0 fully saturated rings. The number of hydrogen-bond acceptors (Lipinski definition) is 6. The lowest BCUT2D eigenvalue weighted by Crippen LogP contribution is -2.10. The molecule has 0 spiro atoms. The van der Waals surface area contributed by atoms with Crippen molar-refractivity contribution in [3.8, 4) is 0 Å². The second-order valence-electron chi connectivity index (χ2n) is 2.44. The molecule has 6 nitrogen and oxygen atoms in total. The molecule has 1 aromatic rings. The maximum atomic E-state index is 10.2. The minimum atomic E-state index is -0.908. The van der Waals surface area contributed by atoms with Crippen molar-refractivity contribution in [3.63, 3.8) is 0 Å². The number of carboxylic acids is 1. The van der Waals surface area contributed by atoms with E-state index in [4.69, 9.17) is 9.63 Å². The van der Waals surface area contributed by atoms with Crippen LogP contribution in [0.3, 0.4) is 0 Å². The first-order chi connectivity index (χ1) is 6.09. The summed E-state index contributed by atoms with van der Waals surface area (Å²) in [7, 11) is 3.55. The Balaban J connectivity index is 2.54. The first-order valence-corrected chi connectivity index (χ1v) is 4.44. The smallest absolute Gasteiger partial charge is 0.314 e. The van der Waals surface area contributed by atoms with Gasteiger partial charge in [-0.3, -0.25) is 4.79 Å². The topological polar surface area (TPSA) is 79.5 Å². The normalized spacial score (nSPS) is 10.0. The third-order valence-corrected chi connectivity index (χ3v) is 1.92. The van der Waals surface area contributed by atoms with Gasteiger partial charge in [0.2, 0.25) is 0 Å². The number of carbonyl (C=O) groups is 1. The van der Waals surface area contributed by atoms with Gasteiger partial charge in [0.05, 0.1) is 0 Å². The number of nitrogens with zero attached hydrogens (tertiary/aromatic N) is 3. The van der Waals surface area contributed by atoms with E-state index >= 15 is 0 Å².